The number of hydrogen-bond donors (Lipinski definition) is 12. The maximum Gasteiger partial charge on any atom is 0.222 e. The zero-order chi connectivity index (χ0) is 86.3. The highest BCUT2D eigenvalue weighted by Crippen LogP contribution is 2.46. The molecule has 4 fully saturated rings. The zero-order valence-corrected chi connectivity index (χ0v) is 71.0. The van der Waals surface area contributed by atoms with E-state index in [0.717, 1.165) is 70.6 Å². The predicted octanol–water partition coefficient (Wildman–Crippen LogP) is 5.65. The molecule has 2 amide bonds. The molecule has 4 rings (SSSR count). The first kappa shape index (κ1) is 108. The number of Topliss-reactive ketones (excluding diaryl/α,β-unsaturated/α-hetero) is 5. The second-order valence-electron chi connectivity index (χ2n) is 31.5. The highest BCUT2D eigenvalue weighted by molar-refractivity contribution is 7.55. The first-order chi connectivity index (χ1) is 55.5. The molecule has 116 heavy (non-hydrogen) atoms. The molecule has 4 aliphatic heterocycles. The third-order valence-electron chi connectivity index (χ3n) is 21.3. The van der Waals surface area contributed by atoms with Crippen molar-refractivity contribution >= 4 is 54.6 Å². The van der Waals surface area contributed by atoms with E-state index in [2.05, 4.69) is 13.6 Å². The Morgan fingerprint density at radius 3 is 1.16 bits per heavy atom. The minimum Gasteiger partial charge on any atom is -0.394 e. The van der Waals surface area contributed by atoms with Crippen LogP contribution in [-0.4, -0.2) is 295 Å². The summed E-state index contributed by atoms with van der Waals surface area (Å²) in [5, 5.41) is 98.2. The first-order valence-electron chi connectivity index (χ1n) is 42.6. The lowest BCUT2D eigenvalue weighted by atomic mass is 9.83. The molecule has 0 radical (unpaired) electrons. The Morgan fingerprint density at radius 2 is 0.810 bits per heavy atom. The van der Waals surface area contributed by atoms with Gasteiger partial charge < -0.3 is 124 Å². The molecule has 0 saturated carbocycles. The van der Waals surface area contributed by atoms with Crippen LogP contribution in [0, 0.1) is 29.8 Å². The summed E-state index contributed by atoms with van der Waals surface area (Å²) in [7, 11) is -2.23. The van der Waals surface area contributed by atoms with Crippen molar-refractivity contribution in [1.29, 1.82) is 0 Å². The van der Waals surface area contributed by atoms with E-state index < -0.39 is 130 Å². The summed E-state index contributed by atoms with van der Waals surface area (Å²) in [4.78, 5) is 101. The largest absolute Gasteiger partial charge is 0.394 e. The van der Waals surface area contributed by atoms with Gasteiger partial charge in [0.05, 0.1) is 96.5 Å². The Balaban J connectivity index is 0.00000178. The number of β-amino-alcohol motifs (C(OH)–C–C–N with tert-alkyl or cyclic N) is 1. The van der Waals surface area contributed by atoms with E-state index >= 15 is 0 Å². The number of carbonyl (C=O) groups excluding carboxylic acids is 8. The molecular formula is C82H149N3O30P-. The molecule has 4 aliphatic rings. The third-order valence-corrected chi connectivity index (χ3v) is 22.4. The number of aldehydes is 1. The molecular weight excluding hydrogens is 1540 g/mol. The molecule has 0 aromatic rings. The molecule has 0 spiro atoms. The lowest BCUT2D eigenvalue weighted by molar-refractivity contribution is -0.282. The van der Waals surface area contributed by atoms with Crippen molar-refractivity contribution in [2.24, 2.45) is 34.6 Å². The van der Waals surface area contributed by atoms with Crippen molar-refractivity contribution < 1.29 is 146 Å². The lowest BCUT2D eigenvalue weighted by Crippen LogP contribution is -2.55. The van der Waals surface area contributed by atoms with E-state index in [9.17, 15) is 88.9 Å². The number of unbranched alkanes of at least 4 members (excludes halogenated alkanes) is 15. The predicted molar refractivity (Wildman–Crippen MR) is 428 cm³/mol. The third kappa shape index (κ3) is 46.0. The number of ketones is 5. The van der Waals surface area contributed by atoms with Crippen molar-refractivity contribution in [1.82, 2.24) is 4.90 Å². The van der Waals surface area contributed by atoms with Crippen LogP contribution in [0.2, 0.25) is 0 Å². The van der Waals surface area contributed by atoms with E-state index in [-0.39, 0.29) is 139 Å². The van der Waals surface area contributed by atoms with Crippen LogP contribution in [0.25, 0.3) is 0 Å². The Hall–Kier alpha value is -3.69. The van der Waals surface area contributed by atoms with Gasteiger partial charge in [0, 0.05) is 140 Å². The summed E-state index contributed by atoms with van der Waals surface area (Å²) in [6, 6.07) is -0.404. The number of ether oxygens (including phenoxy) is 9. The fourth-order valence-electron chi connectivity index (χ4n) is 13.8. The minimum absolute atomic E-state index is 0.000144. The van der Waals surface area contributed by atoms with Crippen LogP contribution in [0.3, 0.4) is 0 Å². The monoisotopic (exact) mass is 1690 g/mol. The van der Waals surface area contributed by atoms with Gasteiger partial charge in [-0.3, -0.25) is 38.1 Å². The molecule has 0 bridgehead atoms. The second-order valence-corrected chi connectivity index (χ2v) is 33.4. The molecule has 0 aliphatic carbocycles. The number of carbonyl (C=O) groups is 8. The van der Waals surface area contributed by atoms with Gasteiger partial charge in [0.1, 0.15) is 71.8 Å². The molecule has 0 aromatic carbocycles. The number of amides is 2. The topological polar surface area (TPSA) is 513 Å². The Labute approximate surface area is 688 Å². The zero-order valence-electron chi connectivity index (χ0n) is 70.1. The minimum atomic E-state index is -3.47. The molecule has 34 heteroatoms. The molecule has 678 valence electrons. The Kier molecular flexibility index (Phi) is 59.9. The van der Waals surface area contributed by atoms with Gasteiger partial charge >= 0.3 is 0 Å². The van der Waals surface area contributed by atoms with Gasteiger partial charge in [-0.1, -0.05) is 79.1 Å². The average Bonchev–Trinajstić information content (AvgIpc) is 1.14. The van der Waals surface area contributed by atoms with E-state index in [1.165, 1.54) is 7.11 Å². The van der Waals surface area contributed by atoms with Crippen LogP contribution in [-0.2, 0) is 94.6 Å². The van der Waals surface area contributed by atoms with Gasteiger partial charge in [0.15, 0.2) is 26.5 Å². The van der Waals surface area contributed by atoms with Crippen molar-refractivity contribution in [3.63, 3.8) is 0 Å². The fourth-order valence-corrected chi connectivity index (χ4v) is 14.3. The quantitative estimate of drug-likeness (QED) is 0.0151. The number of nitrogens with two attached hydrogens (primary N) is 2. The van der Waals surface area contributed by atoms with Gasteiger partial charge in [-0.15, -0.1) is 0 Å². The maximum atomic E-state index is 13.8. The number of likely N-dealkylation sites (tertiary alicyclic amines) is 1. The average molecular weight is 1690 g/mol. The van der Waals surface area contributed by atoms with Gasteiger partial charge in [0.2, 0.25) is 11.8 Å². The van der Waals surface area contributed by atoms with Crippen LogP contribution in [0.5, 0.6) is 0 Å². The van der Waals surface area contributed by atoms with Crippen molar-refractivity contribution in [2.45, 2.75) is 338 Å². The van der Waals surface area contributed by atoms with E-state index in [1.807, 2.05) is 0 Å². The first-order valence-corrected chi connectivity index (χ1v) is 44.3. The molecule has 4 saturated heterocycles. The molecule has 4 heterocycles. The van der Waals surface area contributed by atoms with Gasteiger partial charge in [0.25, 0.3) is 0 Å². The fraction of sp³-hybridized carbons (Fsp3) is 0.890. The summed E-state index contributed by atoms with van der Waals surface area (Å²) < 4.78 is 73.9. The Morgan fingerprint density at radius 1 is 0.483 bits per heavy atom. The number of nitrogens with zero attached hydrogens (tertiary/aromatic N) is 1. The van der Waals surface area contributed by atoms with Crippen molar-refractivity contribution in [2.75, 3.05) is 106 Å². The molecule has 14 N–H and O–H groups in total. The molecule has 18 atom stereocenters. The van der Waals surface area contributed by atoms with Crippen molar-refractivity contribution in [3.8, 4) is 0 Å². The van der Waals surface area contributed by atoms with E-state index in [1.54, 1.807) is 25.7 Å². The number of primary amides is 1. The van der Waals surface area contributed by atoms with Gasteiger partial charge in [-0.25, -0.2) is 6.66 Å². The summed E-state index contributed by atoms with van der Waals surface area (Å²) >= 11 is 0. The molecule has 16 unspecified atom stereocenters. The standard InChI is InChI=1S/C67H118N2O24P.C12H22O6.C3H9N/c1-48-61(80)63(82)57(42-70)92-65(48)89-34-21-19-27-51(72)23-14-11-16-25-53(74)31-36-86-45-67(47-88-38-33-59(68)78,40-55(76)29-13-9-7-5-6-8-10-18-30-60(79)69-41-56(77)39-50(69)44-91-94(4,84)85-3)46-87-37-32-54(75)26-17-12-15-24-52(73)28-20-22-35-90-66-49(2)62(81)64(83)58(43-71)93-66;1-8-10(15)11(16)9(7-14)18-12(8)17-6-4-2-3-5-13;1-2-3-4/h48-50,56-58,61-66,70-71,77,80-83H,4-47H2,1-3H3,(H2,68,78);5,8-12,14-16H,2-4,6-7H2,1H3;2-4H2,1H3/q-1;;/t48?,49?,50-,56+,57?,58?,61?,62?,63?,64?,65?,66?,67?,94?;;/m0../s1. The van der Waals surface area contributed by atoms with Crippen LogP contribution in [0.1, 0.15) is 252 Å². The summed E-state index contributed by atoms with van der Waals surface area (Å²) in [6.45, 7) is 11.4. The second kappa shape index (κ2) is 64.1. The normalized spacial score (nSPS) is 26.4. The SMILES string of the molecule is CC1C(OCCCCC=O)OC(CO)C(O)C1O.CCCN.[CH2-]P(=O)(OC)OC[C@@H]1C[C@@H](O)CN1C(=O)CCCCCCCCCCC(=O)CC(COCCC(N)=O)(COCCC(=O)CCCCCC(=O)CCCCOC1OC(CO)C(O)C(O)C1C)COCCC(=O)CCCCCC(=O)CCCCOC1OC(CO)C(O)C(O)C1C. The summed E-state index contributed by atoms with van der Waals surface area (Å²) in [5.74, 6) is -1.85. The molecule has 0 aromatic heterocycles. The Bertz CT molecular complexity index is 2610. The summed E-state index contributed by atoms with van der Waals surface area (Å²) in [5.41, 5.74) is 9.42. The van der Waals surface area contributed by atoms with Gasteiger partial charge in [-0.2, -0.15) is 0 Å². The summed E-state index contributed by atoms with van der Waals surface area (Å²) in [6.07, 6.45) is 8.02. The maximum absolute atomic E-state index is 13.8. The number of aliphatic hydroxyl groups is 10. The molecule has 33 nitrogen and oxygen atoms in total. The van der Waals surface area contributed by atoms with Gasteiger partial charge in [-0.05, 0) is 96.4 Å². The highest BCUT2D eigenvalue weighted by Gasteiger charge is 2.45. The van der Waals surface area contributed by atoms with Crippen LogP contribution >= 0.6 is 7.60 Å². The number of hydrogen-bond acceptors (Lipinski definition) is 31. The van der Waals surface area contributed by atoms with E-state index in [4.69, 9.17) is 68.3 Å². The van der Waals surface area contributed by atoms with Crippen LogP contribution in [0.15, 0.2) is 0 Å². The highest BCUT2D eigenvalue weighted by atomic mass is 31.2. The smallest absolute Gasteiger partial charge is 0.222 e. The van der Waals surface area contributed by atoms with Crippen LogP contribution in [0.4, 0.5) is 0 Å². The van der Waals surface area contributed by atoms with Crippen LogP contribution < -0.4 is 11.5 Å². The number of aliphatic hydroxyl groups excluding tert-OH is 10. The van der Waals surface area contributed by atoms with Crippen molar-refractivity contribution in [3.05, 3.63) is 6.66 Å². The lowest BCUT2D eigenvalue weighted by Gasteiger charge is -2.40. The van der Waals surface area contributed by atoms with E-state index in [0.29, 0.717) is 148 Å². The number of rotatable bonds is 66.